The highest BCUT2D eigenvalue weighted by Gasteiger charge is 2.24. The molecule has 1 aromatic rings. The first kappa shape index (κ1) is 19.4. The number of alkyl halides is 3. The fourth-order valence-electron chi connectivity index (χ4n) is 1.24. The van der Waals surface area contributed by atoms with Crippen molar-refractivity contribution in [3.05, 3.63) is 34.6 Å². The number of carbonyl (C=O) groups excluding carboxylic acids is 2. The quantitative estimate of drug-likeness (QED) is 0.364. The minimum Gasteiger partial charge on any atom is -0.465 e. The van der Waals surface area contributed by atoms with Crippen LogP contribution in [-0.2, 0) is 14.3 Å². The molecule has 0 radical (unpaired) electrons. The third-order valence-electron chi connectivity index (χ3n) is 1.97. The number of ether oxygens (including phenoxy) is 1. The van der Waals surface area contributed by atoms with Gasteiger partial charge in [-0.25, -0.2) is 4.39 Å². The monoisotopic (exact) mass is 328 g/mol. The summed E-state index contributed by atoms with van der Waals surface area (Å²) >= 11 is 5.56. The van der Waals surface area contributed by atoms with Gasteiger partial charge in [-0.2, -0.15) is 13.2 Å². The summed E-state index contributed by atoms with van der Waals surface area (Å²) in [4.78, 5) is 22.1. The molecule has 1 aromatic carbocycles. The Morgan fingerprint density at radius 2 is 1.95 bits per heavy atom. The fourth-order valence-corrected chi connectivity index (χ4v) is 1.40. The van der Waals surface area contributed by atoms with E-state index < -0.39 is 23.9 Å². The molecule has 0 aliphatic heterocycles. The topological polar surface area (TPSA) is 43.4 Å². The highest BCUT2D eigenvalue weighted by molar-refractivity contribution is 6.30. The minimum absolute atomic E-state index is 0.0298. The molecule has 0 aliphatic carbocycles. The smallest absolute Gasteiger partial charge is 0.386 e. The van der Waals surface area contributed by atoms with Crippen molar-refractivity contribution in [2.24, 2.45) is 0 Å². The van der Waals surface area contributed by atoms with Gasteiger partial charge in [-0.15, -0.1) is 0 Å². The number of hydrogen-bond acceptors (Lipinski definition) is 3. The molecule has 0 saturated carbocycles. The zero-order valence-electron chi connectivity index (χ0n) is 11.2. The summed E-state index contributed by atoms with van der Waals surface area (Å²) in [6.45, 7) is 1.93. The molecule has 1 rings (SSSR count). The van der Waals surface area contributed by atoms with Gasteiger partial charge in [0.05, 0.1) is 6.61 Å². The number of aldehydes is 1. The predicted molar refractivity (Wildman–Crippen MR) is 68.6 cm³/mol. The van der Waals surface area contributed by atoms with Crippen LogP contribution in [0.1, 0.15) is 25.3 Å². The molecule has 0 bridgehead atoms. The van der Waals surface area contributed by atoms with Crippen LogP contribution in [0.2, 0.25) is 5.02 Å². The Balaban J connectivity index is 0.000000690. The lowest BCUT2D eigenvalue weighted by Crippen LogP contribution is -2.18. The van der Waals surface area contributed by atoms with Gasteiger partial charge in [0, 0.05) is 17.5 Å². The standard InChI is InChI=1S/C11H10ClFO3.C2H3F3/c1-2-16-11(15)9(6-14)8-4-3-7(12)5-10(8)13;1-2(3,4)5/h3-6,9H,2H2,1H3;1H3. The van der Waals surface area contributed by atoms with Crippen LogP contribution in [0.25, 0.3) is 0 Å². The first-order valence-electron chi connectivity index (χ1n) is 5.73. The van der Waals surface area contributed by atoms with Crippen molar-refractivity contribution in [2.75, 3.05) is 6.61 Å². The molecular formula is C13H13ClF4O3. The van der Waals surface area contributed by atoms with E-state index >= 15 is 0 Å². The number of halogens is 5. The molecule has 0 N–H and O–H groups in total. The SMILES string of the molecule is CC(F)(F)F.CCOC(=O)C(C=O)c1ccc(Cl)cc1F. The highest BCUT2D eigenvalue weighted by atomic mass is 35.5. The van der Waals surface area contributed by atoms with Crippen molar-refractivity contribution in [3.63, 3.8) is 0 Å². The Hall–Kier alpha value is -1.63. The number of carbonyl (C=O) groups is 2. The molecule has 3 nitrogen and oxygen atoms in total. The molecule has 0 heterocycles. The average Bonchev–Trinajstić information content (AvgIpc) is 2.31. The lowest BCUT2D eigenvalue weighted by atomic mass is 10.0. The molecule has 0 aliphatic rings. The van der Waals surface area contributed by atoms with Crippen molar-refractivity contribution in [1.29, 1.82) is 0 Å². The van der Waals surface area contributed by atoms with Crippen molar-refractivity contribution < 1.29 is 31.9 Å². The van der Waals surface area contributed by atoms with Crippen LogP contribution >= 0.6 is 11.6 Å². The van der Waals surface area contributed by atoms with Crippen molar-refractivity contribution in [3.8, 4) is 0 Å². The maximum Gasteiger partial charge on any atom is 0.386 e. The third-order valence-corrected chi connectivity index (χ3v) is 2.21. The molecule has 8 heteroatoms. The summed E-state index contributed by atoms with van der Waals surface area (Å²) < 4.78 is 49.2. The van der Waals surface area contributed by atoms with Crippen LogP contribution in [-0.4, -0.2) is 25.0 Å². The van der Waals surface area contributed by atoms with Gasteiger partial charge in [0.15, 0.2) is 0 Å². The van der Waals surface area contributed by atoms with Gasteiger partial charge in [-0.05, 0) is 19.1 Å². The second-order valence-corrected chi connectivity index (χ2v) is 4.25. The lowest BCUT2D eigenvalue weighted by molar-refractivity contribution is -0.146. The van der Waals surface area contributed by atoms with Gasteiger partial charge in [-0.1, -0.05) is 17.7 Å². The van der Waals surface area contributed by atoms with Crippen LogP contribution in [0.15, 0.2) is 18.2 Å². The predicted octanol–water partition coefficient (Wildman–Crippen LogP) is 3.89. The van der Waals surface area contributed by atoms with Crippen LogP contribution in [0.3, 0.4) is 0 Å². The van der Waals surface area contributed by atoms with E-state index in [2.05, 4.69) is 4.74 Å². The summed E-state index contributed by atoms with van der Waals surface area (Å²) in [5.74, 6) is -2.70. The van der Waals surface area contributed by atoms with Gasteiger partial charge >= 0.3 is 12.1 Å². The van der Waals surface area contributed by atoms with Crippen LogP contribution in [0.5, 0.6) is 0 Å². The van der Waals surface area contributed by atoms with Crippen molar-refractivity contribution in [2.45, 2.75) is 25.9 Å². The Morgan fingerprint density at radius 1 is 1.43 bits per heavy atom. The molecule has 21 heavy (non-hydrogen) atoms. The van der Waals surface area contributed by atoms with E-state index in [-0.39, 0.29) is 24.1 Å². The van der Waals surface area contributed by atoms with Gasteiger partial charge in [-0.3, -0.25) is 4.79 Å². The highest BCUT2D eigenvalue weighted by Crippen LogP contribution is 2.22. The Labute approximate surface area is 123 Å². The number of esters is 1. The normalized spacial score (nSPS) is 12.0. The maximum absolute atomic E-state index is 13.4. The summed E-state index contributed by atoms with van der Waals surface area (Å²) in [6, 6.07) is 3.76. The molecular weight excluding hydrogens is 316 g/mol. The summed E-state index contributed by atoms with van der Waals surface area (Å²) in [6.07, 6.45) is -3.65. The van der Waals surface area contributed by atoms with Gasteiger partial charge < -0.3 is 9.53 Å². The fraction of sp³-hybridized carbons (Fsp3) is 0.385. The zero-order chi connectivity index (χ0) is 16.6. The lowest BCUT2D eigenvalue weighted by Gasteiger charge is -2.10. The van der Waals surface area contributed by atoms with Gasteiger partial charge in [0.1, 0.15) is 18.0 Å². The van der Waals surface area contributed by atoms with E-state index in [1.54, 1.807) is 6.92 Å². The molecule has 0 saturated heterocycles. The van der Waals surface area contributed by atoms with Crippen LogP contribution in [0.4, 0.5) is 17.6 Å². The second-order valence-electron chi connectivity index (χ2n) is 3.81. The number of benzene rings is 1. The van der Waals surface area contributed by atoms with Gasteiger partial charge in [0.25, 0.3) is 0 Å². The molecule has 118 valence electrons. The molecule has 0 spiro atoms. The first-order chi connectivity index (χ1) is 9.60. The molecule has 0 aromatic heterocycles. The van der Waals surface area contributed by atoms with E-state index in [1.807, 2.05) is 0 Å². The van der Waals surface area contributed by atoms with E-state index in [0.29, 0.717) is 6.29 Å². The third kappa shape index (κ3) is 8.29. The largest absolute Gasteiger partial charge is 0.465 e. The first-order valence-corrected chi connectivity index (χ1v) is 6.11. The zero-order valence-corrected chi connectivity index (χ0v) is 12.0. The summed E-state index contributed by atoms with van der Waals surface area (Å²) in [7, 11) is 0. The maximum atomic E-state index is 13.4. The average molecular weight is 329 g/mol. The van der Waals surface area contributed by atoms with Crippen LogP contribution < -0.4 is 0 Å². The number of rotatable bonds is 4. The molecule has 0 amide bonds. The Bertz CT molecular complexity index is 483. The number of hydrogen-bond donors (Lipinski definition) is 0. The van der Waals surface area contributed by atoms with Gasteiger partial charge in [0.2, 0.25) is 0 Å². The summed E-state index contributed by atoms with van der Waals surface area (Å²) in [5.41, 5.74) is -0.0298. The van der Waals surface area contributed by atoms with E-state index in [4.69, 9.17) is 11.6 Å². The molecule has 1 unspecified atom stereocenters. The molecule has 1 atom stereocenters. The van der Waals surface area contributed by atoms with Crippen molar-refractivity contribution in [1.82, 2.24) is 0 Å². The van der Waals surface area contributed by atoms with Crippen LogP contribution in [0, 0.1) is 5.82 Å². The summed E-state index contributed by atoms with van der Waals surface area (Å²) in [5, 5.41) is 0.203. The second kappa shape index (κ2) is 8.61. The van der Waals surface area contributed by atoms with E-state index in [0.717, 1.165) is 6.07 Å². The minimum atomic E-state index is -4.00. The van der Waals surface area contributed by atoms with Crippen molar-refractivity contribution >= 4 is 23.9 Å². The Kier molecular flexibility index (Phi) is 7.94. The molecule has 0 fully saturated rings. The Morgan fingerprint density at radius 3 is 2.33 bits per heavy atom. The van der Waals surface area contributed by atoms with E-state index in [1.165, 1.54) is 12.1 Å². The van der Waals surface area contributed by atoms with E-state index in [9.17, 15) is 27.2 Å².